The lowest BCUT2D eigenvalue weighted by Crippen LogP contribution is -2.37. The number of nitrogens with one attached hydrogen (secondary N) is 1. The maximum atomic E-state index is 12.3. The van der Waals surface area contributed by atoms with Crippen LogP contribution in [0.25, 0.3) is 0 Å². The first-order valence-electron chi connectivity index (χ1n) is 6.83. The molecule has 0 aliphatic carbocycles. The van der Waals surface area contributed by atoms with Gasteiger partial charge in [0.25, 0.3) is 11.8 Å². The summed E-state index contributed by atoms with van der Waals surface area (Å²) in [5.41, 5.74) is 6.39. The molecule has 2 aromatic heterocycles. The molecule has 0 atom stereocenters. The Labute approximate surface area is 125 Å². The summed E-state index contributed by atoms with van der Waals surface area (Å²) in [4.78, 5) is 26.0. The number of aromatic nitrogens is 2. The lowest BCUT2D eigenvalue weighted by Gasteiger charge is -2.31. The standard InChI is InChI=1S/C14H16N4O2S/c15-13(19)11-8-10(16-17-11)9-3-5-18(6-4-9)14(20)12-2-1-7-21-12/h1-2,7-9H,3-6H2,(H2,15,19)(H,16,17). The van der Waals surface area contributed by atoms with Crippen LogP contribution in [0.5, 0.6) is 0 Å². The van der Waals surface area contributed by atoms with Gasteiger partial charge >= 0.3 is 0 Å². The van der Waals surface area contributed by atoms with Crippen molar-refractivity contribution in [3.8, 4) is 0 Å². The van der Waals surface area contributed by atoms with Gasteiger partial charge in [-0.25, -0.2) is 0 Å². The molecule has 7 heteroatoms. The Morgan fingerprint density at radius 2 is 2.14 bits per heavy atom. The number of amides is 2. The zero-order chi connectivity index (χ0) is 14.8. The monoisotopic (exact) mass is 304 g/mol. The average molecular weight is 304 g/mol. The Balaban J connectivity index is 1.62. The Morgan fingerprint density at radius 3 is 2.71 bits per heavy atom. The molecule has 3 rings (SSSR count). The number of likely N-dealkylation sites (tertiary alicyclic amines) is 1. The highest BCUT2D eigenvalue weighted by Gasteiger charge is 2.26. The maximum Gasteiger partial charge on any atom is 0.269 e. The molecule has 21 heavy (non-hydrogen) atoms. The van der Waals surface area contributed by atoms with Crippen molar-refractivity contribution in [1.29, 1.82) is 0 Å². The number of carbonyl (C=O) groups excluding carboxylic acids is 2. The van der Waals surface area contributed by atoms with Gasteiger partial charge in [0.2, 0.25) is 0 Å². The van der Waals surface area contributed by atoms with E-state index in [4.69, 9.17) is 5.73 Å². The van der Waals surface area contributed by atoms with Gasteiger partial charge in [-0.1, -0.05) is 6.07 Å². The van der Waals surface area contributed by atoms with Crippen molar-refractivity contribution in [2.75, 3.05) is 13.1 Å². The van der Waals surface area contributed by atoms with E-state index < -0.39 is 5.91 Å². The summed E-state index contributed by atoms with van der Waals surface area (Å²) in [5, 5.41) is 8.70. The highest BCUT2D eigenvalue weighted by molar-refractivity contribution is 7.12. The van der Waals surface area contributed by atoms with E-state index in [-0.39, 0.29) is 17.5 Å². The summed E-state index contributed by atoms with van der Waals surface area (Å²) in [6, 6.07) is 5.46. The highest BCUT2D eigenvalue weighted by Crippen LogP contribution is 2.28. The van der Waals surface area contributed by atoms with Crippen molar-refractivity contribution in [2.45, 2.75) is 18.8 Å². The van der Waals surface area contributed by atoms with Crippen LogP contribution in [0.2, 0.25) is 0 Å². The normalized spacial score (nSPS) is 16.1. The second-order valence-corrected chi connectivity index (χ2v) is 6.06. The second kappa shape index (κ2) is 5.69. The van der Waals surface area contributed by atoms with Gasteiger partial charge in [0.05, 0.1) is 4.88 Å². The summed E-state index contributed by atoms with van der Waals surface area (Å²) in [6.45, 7) is 1.43. The predicted octanol–water partition coefficient (Wildman–Crippen LogP) is 1.59. The predicted molar refractivity (Wildman–Crippen MR) is 79.3 cm³/mol. The van der Waals surface area contributed by atoms with E-state index in [9.17, 15) is 9.59 Å². The molecule has 6 nitrogen and oxygen atoms in total. The summed E-state index contributed by atoms with van der Waals surface area (Å²) in [5.74, 6) is -0.133. The molecule has 2 aromatic rings. The van der Waals surface area contributed by atoms with Gasteiger partial charge in [0.15, 0.2) is 0 Å². The second-order valence-electron chi connectivity index (χ2n) is 5.12. The fraction of sp³-hybridized carbons (Fsp3) is 0.357. The summed E-state index contributed by atoms with van der Waals surface area (Å²) in [6.07, 6.45) is 1.72. The number of rotatable bonds is 3. The number of primary amides is 1. The smallest absolute Gasteiger partial charge is 0.269 e. The molecule has 1 fully saturated rings. The maximum absolute atomic E-state index is 12.3. The molecule has 3 heterocycles. The topological polar surface area (TPSA) is 92.1 Å². The first kappa shape index (κ1) is 13.8. The molecule has 0 radical (unpaired) electrons. The summed E-state index contributed by atoms with van der Waals surface area (Å²) >= 11 is 1.47. The first-order valence-corrected chi connectivity index (χ1v) is 7.71. The van der Waals surface area contributed by atoms with Gasteiger partial charge in [-0.3, -0.25) is 14.7 Å². The number of carbonyl (C=O) groups is 2. The van der Waals surface area contributed by atoms with Crippen molar-refractivity contribution >= 4 is 23.2 Å². The number of hydrogen-bond donors (Lipinski definition) is 2. The van der Waals surface area contributed by atoms with E-state index >= 15 is 0 Å². The number of H-pyrrole nitrogens is 1. The zero-order valence-corrected chi connectivity index (χ0v) is 12.2. The SMILES string of the molecule is NC(=O)c1cc(C2CCN(C(=O)c3cccs3)CC2)[nH]n1. The molecule has 2 amide bonds. The number of nitrogens with two attached hydrogens (primary N) is 1. The molecular weight excluding hydrogens is 288 g/mol. The van der Waals surface area contributed by atoms with Crippen molar-refractivity contribution < 1.29 is 9.59 Å². The average Bonchev–Trinajstić information content (AvgIpc) is 3.18. The summed E-state index contributed by atoms with van der Waals surface area (Å²) in [7, 11) is 0. The van der Waals surface area contributed by atoms with Gasteiger partial charge in [-0.2, -0.15) is 5.10 Å². The fourth-order valence-electron chi connectivity index (χ4n) is 2.62. The van der Waals surface area contributed by atoms with Crippen molar-refractivity contribution in [2.24, 2.45) is 5.73 Å². The van der Waals surface area contributed by atoms with Crippen LogP contribution in [0.3, 0.4) is 0 Å². The van der Waals surface area contributed by atoms with E-state index in [0.29, 0.717) is 13.1 Å². The third kappa shape index (κ3) is 2.82. The Kier molecular flexibility index (Phi) is 3.74. The van der Waals surface area contributed by atoms with E-state index in [1.807, 2.05) is 22.4 Å². The molecule has 1 aliphatic rings. The molecule has 0 bridgehead atoms. The third-order valence-electron chi connectivity index (χ3n) is 3.80. The Morgan fingerprint density at radius 1 is 1.38 bits per heavy atom. The zero-order valence-electron chi connectivity index (χ0n) is 11.4. The van der Waals surface area contributed by atoms with E-state index in [0.717, 1.165) is 23.4 Å². The van der Waals surface area contributed by atoms with Crippen LogP contribution >= 0.6 is 11.3 Å². The molecule has 3 N–H and O–H groups in total. The van der Waals surface area contributed by atoms with Gasteiger partial charge in [-0.15, -0.1) is 11.3 Å². The Bertz CT molecular complexity index is 642. The van der Waals surface area contributed by atoms with Crippen LogP contribution in [-0.2, 0) is 0 Å². The van der Waals surface area contributed by atoms with Crippen molar-refractivity contribution in [1.82, 2.24) is 15.1 Å². The van der Waals surface area contributed by atoms with Crippen LogP contribution in [-0.4, -0.2) is 40.0 Å². The Hall–Kier alpha value is -2.15. The minimum absolute atomic E-state index is 0.103. The molecule has 0 saturated carbocycles. The number of hydrogen-bond acceptors (Lipinski definition) is 4. The number of thiophene rings is 1. The quantitative estimate of drug-likeness (QED) is 0.902. The van der Waals surface area contributed by atoms with E-state index in [1.165, 1.54) is 11.3 Å². The summed E-state index contributed by atoms with van der Waals surface area (Å²) < 4.78 is 0. The van der Waals surface area contributed by atoms with E-state index in [2.05, 4.69) is 10.2 Å². The molecular formula is C14H16N4O2S. The molecule has 0 unspecified atom stereocenters. The fourth-order valence-corrected chi connectivity index (χ4v) is 3.31. The van der Waals surface area contributed by atoms with Crippen LogP contribution in [0.4, 0.5) is 0 Å². The van der Waals surface area contributed by atoms with Gasteiger partial charge in [-0.05, 0) is 30.4 Å². The highest BCUT2D eigenvalue weighted by atomic mass is 32.1. The van der Waals surface area contributed by atoms with Crippen molar-refractivity contribution in [3.63, 3.8) is 0 Å². The number of aromatic amines is 1. The van der Waals surface area contributed by atoms with Crippen LogP contribution in [0.1, 0.15) is 44.6 Å². The van der Waals surface area contributed by atoms with Crippen LogP contribution in [0, 0.1) is 0 Å². The molecule has 0 spiro atoms. The minimum Gasteiger partial charge on any atom is -0.364 e. The molecule has 110 valence electrons. The van der Waals surface area contributed by atoms with Gasteiger partial charge in [0, 0.05) is 24.7 Å². The lowest BCUT2D eigenvalue weighted by atomic mass is 9.93. The van der Waals surface area contributed by atoms with Gasteiger partial charge < -0.3 is 10.6 Å². The van der Waals surface area contributed by atoms with Crippen LogP contribution < -0.4 is 5.73 Å². The lowest BCUT2D eigenvalue weighted by molar-refractivity contribution is 0.0717. The molecule has 1 aliphatic heterocycles. The van der Waals surface area contributed by atoms with Crippen LogP contribution in [0.15, 0.2) is 23.6 Å². The number of nitrogens with zero attached hydrogens (tertiary/aromatic N) is 2. The van der Waals surface area contributed by atoms with E-state index in [1.54, 1.807) is 6.07 Å². The number of piperidine rings is 1. The largest absolute Gasteiger partial charge is 0.364 e. The molecule has 1 saturated heterocycles. The first-order chi connectivity index (χ1) is 10.1. The van der Waals surface area contributed by atoms with Gasteiger partial charge in [0.1, 0.15) is 5.69 Å². The third-order valence-corrected chi connectivity index (χ3v) is 4.66. The minimum atomic E-state index is -0.525. The molecule has 0 aromatic carbocycles. The van der Waals surface area contributed by atoms with Crippen molar-refractivity contribution in [3.05, 3.63) is 39.8 Å².